The summed E-state index contributed by atoms with van der Waals surface area (Å²) in [5, 5.41) is 4.98. The molecule has 1 aromatic heterocycles. The topological polar surface area (TPSA) is 97.1 Å². The van der Waals surface area contributed by atoms with E-state index in [1.165, 1.54) is 6.20 Å². The number of nitrogens with zero attached hydrogens (tertiary/aromatic N) is 1. The summed E-state index contributed by atoms with van der Waals surface area (Å²) in [5.74, 6) is -0.677. The zero-order valence-electron chi connectivity index (χ0n) is 9.75. The molecule has 1 atom stereocenters. The number of aromatic nitrogens is 1. The highest BCUT2D eigenvalue weighted by Crippen LogP contribution is 2.01. The predicted octanol–water partition coefficient (Wildman–Crippen LogP) is 0.327. The Bertz CT molecular complexity index is 373. The molecule has 0 unspecified atom stereocenters. The van der Waals surface area contributed by atoms with Gasteiger partial charge in [-0.15, -0.1) is 24.8 Å². The Morgan fingerprint density at radius 1 is 1.44 bits per heavy atom. The van der Waals surface area contributed by atoms with Crippen LogP contribution in [0.5, 0.6) is 0 Å². The van der Waals surface area contributed by atoms with E-state index in [4.69, 9.17) is 5.73 Å². The van der Waals surface area contributed by atoms with Gasteiger partial charge in [-0.25, -0.2) is 0 Å². The lowest BCUT2D eigenvalue weighted by atomic mass is 10.3. The summed E-state index contributed by atoms with van der Waals surface area (Å²) < 4.78 is 0. The summed E-state index contributed by atoms with van der Waals surface area (Å²) in [6.45, 7) is 1.45. The van der Waals surface area contributed by atoms with E-state index in [1.807, 2.05) is 0 Å². The molecule has 0 saturated heterocycles. The van der Waals surface area contributed by atoms with Crippen molar-refractivity contribution in [3.8, 4) is 0 Å². The minimum atomic E-state index is -0.619. The first-order valence-corrected chi connectivity index (χ1v) is 4.83. The molecule has 1 heterocycles. The second-order valence-corrected chi connectivity index (χ2v) is 3.30. The number of nitrogens with two attached hydrogens (primary N) is 1. The van der Waals surface area contributed by atoms with Crippen LogP contribution in [0.15, 0.2) is 24.5 Å². The van der Waals surface area contributed by atoms with E-state index in [2.05, 4.69) is 15.6 Å². The molecule has 4 N–H and O–H groups in total. The number of amides is 2. The number of hydrogen-bond acceptors (Lipinski definition) is 4. The first-order valence-electron chi connectivity index (χ1n) is 4.83. The quantitative estimate of drug-likeness (QED) is 0.745. The third-order valence-corrected chi connectivity index (χ3v) is 1.78. The maximum absolute atomic E-state index is 11.3. The van der Waals surface area contributed by atoms with Gasteiger partial charge in [-0.2, -0.15) is 0 Å². The Morgan fingerprint density at radius 3 is 2.61 bits per heavy atom. The average molecular weight is 295 g/mol. The van der Waals surface area contributed by atoms with Crippen LogP contribution >= 0.6 is 24.8 Å². The molecule has 0 saturated carbocycles. The largest absolute Gasteiger partial charge is 0.346 e. The molecule has 1 aromatic rings. The minimum Gasteiger partial charge on any atom is -0.346 e. The zero-order valence-corrected chi connectivity index (χ0v) is 11.4. The molecule has 0 aromatic carbocycles. The maximum Gasteiger partial charge on any atom is 0.243 e. The van der Waals surface area contributed by atoms with E-state index in [1.54, 1.807) is 25.3 Å². The van der Waals surface area contributed by atoms with E-state index in [-0.39, 0.29) is 43.2 Å². The monoisotopic (exact) mass is 294 g/mol. The van der Waals surface area contributed by atoms with Gasteiger partial charge >= 0.3 is 0 Å². The summed E-state index contributed by atoms with van der Waals surface area (Å²) in [6.07, 6.45) is 3.12. The number of rotatable bonds is 4. The van der Waals surface area contributed by atoms with Gasteiger partial charge in [0.2, 0.25) is 11.8 Å². The number of halogens is 2. The van der Waals surface area contributed by atoms with Crippen molar-refractivity contribution in [2.75, 3.05) is 11.9 Å². The van der Waals surface area contributed by atoms with Gasteiger partial charge in [0.05, 0.1) is 24.5 Å². The van der Waals surface area contributed by atoms with Gasteiger partial charge in [0.15, 0.2) is 0 Å². The van der Waals surface area contributed by atoms with Crippen LogP contribution in [0.2, 0.25) is 0 Å². The fraction of sp³-hybridized carbons (Fsp3) is 0.300. The van der Waals surface area contributed by atoms with E-state index < -0.39 is 6.04 Å². The van der Waals surface area contributed by atoms with Crippen LogP contribution in [0, 0.1) is 0 Å². The van der Waals surface area contributed by atoms with Gasteiger partial charge in [0.25, 0.3) is 0 Å². The lowest BCUT2D eigenvalue weighted by Crippen LogP contribution is -2.41. The molecule has 0 aliphatic heterocycles. The fourth-order valence-electron chi connectivity index (χ4n) is 0.970. The number of carbonyl (C=O) groups is 2. The molecule has 0 aliphatic rings. The summed E-state index contributed by atoms with van der Waals surface area (Å²) in [4.78, 5) is 26.3. The molecule has 18 heavy (non-hydrogen) atoms. The molecule has 0 spiro atoms. The van der Waals surface area contributed by atoms with E-state index in [9.17, 15) is 9.59 Å². The molecule has 102 valence electrons. The second-order valence-electron chi connectivity index (χ2n) is 3.30. The van der Waals surface area contributed by atoms with Crippen LogP contribution in [0.25, 0.3) is 0 Å². The molecule has 0 fully saturated rings. The summed E-state index contributed by atoms with van der Waals surface area (Å²) in [6, 6.07) is 2.79. The van der Waals surface area contributed by atoms with Gasteiger partial charge in [-0.3, -0.25) is 14.6 Å². The molecule has 2 amide bonds. The molecule has 1 rings (SSSR count). The smallest absolute Gasteiger partial charge is 0.243 e. The highest BCUT2D eigenvalue weighted by atomic mass is 35.5. The Balaban J connectivity index is 0. The van der Waals surface area contributed by atoms with Crippen molar-refractivity contribution in [3.05, 3.63) is 24.5 Å². The van der Waals surface area contributed by atoms with Gasteiger partial charge < -0.3 is 16.4 Å². The number of hydrogen-bond donors (Lipinski definition) is 3. The Morgan fingerprint density at radius 2 is 2.11 bits per heavy atom. The average Bonchev–Trinajstić information content (AvgIpc) is 2.27. The van der Waals surface area contributed by atoms with Gasteiger partial charge in [0, 0.05) is 6.20 Å². The predicted molar refractivity (Wildman–Crippen MR) is 74.0 cm³/mol. The van der Waals surface area contributed by atoms with E-state index in [0.29, 0.717) is 5.69 Å². The Labute approximate surface area is 118 Å². The number of anilines is 1. The number of pyridine rings is 1. The molecular formula is C10H16Cl2N4O2. The zero-order chi connectivity index (χ0) is 12.0. The maximum atomic E-state index is 11.3. The minimum absolute atomic E-state index is 0. The van der Waals surface area contributed by atoms with Crippen molar-refractivity contribution in [1.82, 2.24) is 10.3 Å². The molecule has 0 bridgehead atoms. The van der Waals surface area contributed by atoms with E-state index >= 15 is 0 Å². The molecule has 6 nitrogen and oxygen atoms in total. The van der Waals surface area contributed by atoms with Crippen molar-refractivity contribution in [2.45, 2.75) is 13.0 Å². The first-order chi connectivity index (χ1) is 7.59. The number of carbonyl (C=O) groups excluding carboxylic acids is 2. The summed E-state index contributed by atoms with van der Waals surface area (Å²) in [5.41, 5.74) is 5.91. The standard InChI is InChI=1S/C10H14N4O2.2ClH/c1-7(11)10(16)13-6-9(15)14-8-3-2-4-12-5-8;;/h2-5,7H,6,11H2,1H3,(H,13,16)(H,14,15);2*1H/t7-;;/m1../s1. The summed E-state index contributed by atoms with van der Waals surface area (Å²) in [7, 11) is 0. The van der Waals surface area contributed by atoms with Gasteiger partial charge in [-0.05, 0) is 19.1 Å². The second kappa shape index (κ2) is 9.64. The lowest BCUT2D eigenvalue weighted by molar-refractivity contribution is -0.124. The number of nitrogens with one attached hydrogen (secondary N) is 2. The fourth-order valence-corrected chi connectivity index (χ4v) is 0.970. The van der Waals surface area contributed by atoms with Crippen molar-refractivity contribution in [2.24, 2.45) is 5.73 Å². The van der Waals surface area contributed by atoms with Crippen LogP contribution in [0.4, 0.5) is 5.69 Å². The van der Waals surface area contributed by atoms with Crippen LogP contribution in [0.1, 0.15) is 6.92 Å². The normalized spacial score (nSPS) is 10.3. The molecule has 0 radical (unpaired) electrons. The molecule has 8 heteroatoms. The van der Waals surface area contributed by atoms with Crippen molar-refractivity contribution >= 4 is 42.3 Å². The molecular weight excluding hydrogens is 279 g/mol. The van der Waals surface area contributed by atoms with Crippen molar-refractivity contribution < 1.29 is 9.59 Å². The van der Waals surface area contributed by atoms with Crippen molar-refractivity contribution in [1.29, 1.82) is 0 Å². The third kappa shape index (κ3) is 7.05. The third-order valence-electron chi connectivity index (χ3n) is 1.78. The van der Waals surface area contributed by atoms with Crippen LogP contribution < -0.4 is 16.4 Å². The van der Waals surface area contributed by atoms with Crippen molar-refractivity contribution in [3.63, 3.8) is 0 Å². The first kappa shape index (κ1) is 19.0. The molecule has 0 aliphatic carbocycles. The van der Waals surface area contributed by atoms with Gasteiger partial charge in [0.1, 0.15) is 0 Å². The van der Waals surface area contributed by atoms with Gasteiger partial charge in [-0.1, -0.05) is 0 Å². The van der Waals surface area contributed by atoms with Crippen LogP contribution in [0.3, 0.4) is 0 Å². The summed E-state index contributed by atoms with van der Waals surface area (Å²) >= 11 is 0. The van der Waals surface area contributed by atoms with E-state index in [0.717, 1.165) is 0 Å². The highest BCUT2D eigenvalue weighted by Gasteiger charge is 2.08. The van der Waals surface area contributed by atoms with Crippen LogP contribution in [-0.2, 0) is 9.59 Å². The highest BCUT2D eigenvalue weighted by molar-refractivity contribution is 5.94. The Kier molecular flexibility index (Phi) is 10.2. The Hall–Kier alpha value is -1.37. The lowest BCUT2D eigenvalue weighted by Gasteiger charge is -2.08. The van der Waals surface area contributed by atoms with Crippen LogP contribution in [-0.4, -0.2) is 29.4 Å². The SMILES string of the molecule is C[C@@H](N)C(=O)NCC(=O)Nc1cccnc1.Cl.Cl.